The van der Waals surface area contributed by atoms with Gasteiger partial charge >= 0.3 is 0 Å². The molecule has 0 amide bonds. The van der Waals surface area contributed by atoms with E-state index in [1.165, 1.54) is 32.1 Å². The van der Waals surface area contributed by atoms with Gasteiger partial charge in [-0.2, -0.15) is 4.98 Å². The van der Waals surface area contributed by atoms with Crippen molar-refractivity contribution in [2.45, 2.75) is 42.9 Å². The van der Waals surface area contributed by atoms with E-state index in [4.69, 9.17) is 16.3 Å². The minimum absolute atomic E-state index is 0.127. The first-order valence-corrected chi connectivity index (χ1v) is 16.7. The Morgan fingerprint density at radius 3 is 2.43 bits per heavy atom. The average Bonchev–Trinajstić information content (AvgIpc) is 2.99. The van der Waals surface area contributed by atoms with E-state index in [9.17, 15) is 4.21 Å². The van der Waals surface area contributed by atoms with Crippen LogP contribution in [-0.2, 0) is 9.52 Å². The summed E-state index contributed by atoms with van der Waals surface area (Å²) < 4.78 is 19.1. The second kappa shape index (κ2) is 13.1. The third-order valence-corrected chi connectivity index (χ3v) is 11.2. The second-order valence-electron chi connectivity index (χ2n) is 11.4. The highest BCUT2D eigenvalue weighted by Crippen LogP contribution is 2.35. The van der Waals surface area contributed by atoms with Crippen molar-refractivity contribution in [3.63, 3.8) is 0 Å². The normalized spacial score (nSPS) is 18.6. The standard InChI is InChI=1S/C31H42ClN7O2S/c1-22(2)42(5,40)29-9-7-6-8-27(29)34-30-25(32)21-33-31(36-30)35-26-11-10-24(20-28(26)41-4)38-14-12-23(13-15-38)39-18-16-37(3)17-19-39/h6-11,20-23H,5,12-19H2,1-4H3,(H2,33,34,35,36). The maximum Gasteiger partial charge on any atom is 0.229 e. The van der Waals surface area contributed by atoms with Gasteiger partial charge in [0.2, 0.25) is 5.95 Å². The molecule has 1 unspecified atom stereocenters. The van der Waals surface area contributed by atoms with Crippen molar-refractivity contribution >= 4 is 55.8 Å². The van der Waals surface area contributed by atoms with Crippen molar-refractivity contribution in [3.8, 4) is 5.75 Å². The number of hydrogen-bond donors (Lipinski definition) is 2. The van der Waals surface area contributed by atoms with Gasteiger partial charge in [0.1, 0.15) is 10.8 Å². The third-order valence-electron chi connectivity index (χ3n) is 8.33. The minimum atomic E-state index is -2.52. The highest BCUT2D eigenvalue weighted by atomic mass is 35.5. The number of benzene rings is 2. The monoisotopic (exact) mass is 611 g/mol. The van der Waals surface area contributed by atoms with Crippen molar-refractivity contribution in [3.05, 3.63) is 53.7 Å². The van der Waals surface area contributed by atoms with Crippen LogP contribution in [0.25, 0.3) is 0 Å². The maximum atomic E-state index is 13.4. The molecule has 2 saturated heterocycles. The number of anilines is 5. The van der Waals surface area contributed by atoms with Crippen LogP contribution in [0.3, 0.4) is 0 Å². The Labute approximate surface area is 255 Å². The lowest BCUT2D eigenvalue weighted by molar-refractivity contribution is 0.0982. The van der Waals surface area contributed by atoms with E-state index in [0.29, 0.717) is 39.2 Å². The molecule has 2 N–H and O–H groups in total. The maximum absolute atomic E-state index is 13.4. The summed E-state index contributed by atoms with van der Waals surface area (Å²) in [5.74, 6) is 5.48. The highest BCUT2D eigenvalue weighted by Gasteiger charge is 2.27. The highest BCUT2D eigenvalue weighted by molar-refractivity contribution is 8.01. The summed E-state index contributed by atoms with van der Waals surface area (Å²) in [6, 6.07) is 14.3. The zero-order valence-electron chi connectivity index (χ0n) is 25.0. The van der Waals surface area contributed by atoms with E-state index in [2.05, 4.69) is 60.4 Å². The Morgan fingerprint density at radius 2 is 1.74 bits per heavy atom. The molecule has 3 heterocycles. The van der Waals surface area contributed by atoms with Gasteiger partial charge in [-0.3, -0.25) is 9.11 Å². The molecular weight excluding hydrogens is 570 g/mol. The largest absolute Gasteiger partial charge is 0.494 e. The molecule has 2 aliphatic heterocycles. The molecule has 0 aliphatic carbocycles. The number of likely N-dealkylation sites (N-methyl/N-ethyl adjacent to an activating group) is 1. The van der Waals surface area contributed by atoms with E-state index in [1.54, 1.807) is 7.11 Å². The molecule has 2 aliphatic rings. The second-order valence-corrected chi connectivity index (χ2v) is 14.6. The summed E-state index contributed by atoms with van der Waals surface area (Å²) in [7, 11) is 1.35. The number of rotatable bonds is 9. The summed E-state index contributed by atoms with van der Waals surface area (Å²) in [4.78, 5) is 17.2. The molecule has 0 spiro atoms. The number of piperazine rings is 1. The molecule has 0 saturated carbocycles. The van der Waals surface area contributed by atoms with E-state index >= 15 is 0 Å². The molecule has 0 bridgehead atoms. The van der Waals surface area contributed by atoms with Crippen LogP contribution >= 0.6 is 11.6 Å². The zero-order chi connectivity index (χ0) is 29.9. The molecule has 42 heavy (non-hydrogen) atoms. The summed E-state index contributed by atoms with van der Waals surface area (Å²) in [6.07, 6.45) is 3.88. The van der Waals surface area contributed by atoms with Crippen molar-refractivity contribution in [2.75, 3.05) is 69.0 Å². The van der Waals surface area contributed by atoms with Gasteiger partial charge in [0.15, 0.2) is 5.82 Å². The topological polar surface area (TPSA) is 85.9 Å². The Bertz CT molecular complexity index is 1480. The van der Waals surface area contributed by atoms with Crippen LogP contribution in [0.5, 0.6) is 5.75 Å². The number of aromatic nitrogens is 2. The molecule has 2 aromatic carbocycles. The van der Waals surface area contributed by atoms with Crippen molar-refractivity contribution in [2.24, 2.45) is 0 Å². The average molecular weight is 612 g/mol. The number of methoxy groups -OCH3 is 1. The third kappa shape index (κ3) is 6.78. The zero-order valence-corrected chi connectivity index (χ0v) is 26.5. The first-order valence-electron chi connectivity index (χ1n) is 14.5. The first-order chi connectivity index (χ1) is 20.2. The SMILES string of the molecule is C=S(=O)(c1ccccc1Nc1nc(Nc2ccc(N3CCC(N4CCN(C)CC4)CC3)cc2OC)ncc1Cl)C(C)C. The smallest absolute Gasteiger partial charge is 0.229 e. The summed E-state index contributed by atoms with van der Waals surface area (Å²) in [5, 5.41) is 6.75. The molecule has 226 valence electrons. The van der Waals surface area contributed by atoms with Gasteiger partial charge in [-0.15, -0.1) is 0 Å². The van der Waals surface area contributed by atoms with Gasteiger partial charge < -0.3 is 25.2 Å². The van der Waals surface area contributed by atoms with Crippen LogP contribution in [-0.4, -0.2) is 94.6 Å². The Kier molecular flexibility index (Phi) is 9.47. The van der Waals surface area contributed by atoms with Crippen LogP contribution < -0.4 is 20.3 Å². The van der Waals surface area contributed by atoms with E-state index in [1.807, 2.05) is 44.2 Å². The lowest BCUT2D eigenvalue weighted by atomic mass is 10.0. The number of ether oxygens (including phenoxy) is 1. The van der Waals surface area contributed by atoms with Crippen molar-refractivity contribution in [1.82, 2.24) is 19.8 Å². The van der Waals surface area contributed by atoms with Crippen LogP contribution in [0.4, 0.5) is 28.8 Å². The van der Waals surface area contributed by atoms with Crippen LogP contribution in [0.2, 0.25) is 5.02 Å². The molecular formula is C31H42ClN7O2S. The minimum Gasteiger partial charge on any atom is -0.494 e. The fraction of sp³-hybridized carbons (Fsp3) is 0.452. The van der Waals surface area contributed by atoms with Crippen LogP contribution in [0.1, 0.15) is 26.7 Å². The van der Waals surface area contributed by atoms with Crippen LogP contribution in [0, 0.1) is 0 Å². The van der Waals surface area contributed by atoms with Crippen LogP contribution in [0.15, 0.2) is 53.6 Å². The molecule has 3 aromatic rings. The van der Waals surface area contributed by atoms with E-state index in [-0.39, 0.29) is 5.25 Å². The van der Waals surface area contributed by atoms with Gasteiger partial charge in [-0.25, -0.2) is 4.98 Å². The summed E-state index contributed by atoms with van der Waals surface area (Å²) in [6.45, 7) is 10.5. The van der Waals surface area contributed by atoms with E-state index in [0.717, 1.165) is 37.6 Å². The number of hydrogen-bond acceptors (Lipinski definition) is 9. The first kappa shape index (κ1) is 30.4. The number of piperidine rings is 1. The van der Waals surface area contributed by atoms with Crippen molar-refractivity contribution in [1.29, 1.82) is 0 Å². The number of nitrogens with one attached hydrogen (secondary N) is 2. The molecule has 1 atom stereocenters. The number of halogens is 1. The summed E-state index contributed by atoms with van der Waals surface area (Å²) in [5.41, 5.74) is 2.55. The van der Waals surface area contributed by atoms with Gasteiger partial charge in [0, 0.05) is 71.8 Å². The van der Waals surface area contributed by atoms with Gasteiger partial charge in [0.05, 0.1) is 29.6 Å². The molecule has 0 radical (unpaired) electrons. The Hall–Kier alpha value is -3.05. The molecule has 11 heteroatoms. The Balaban J connectivity index is 1.28. The van der Waals surface area contributed by atoms with Gasteiger partial charge in [-0.05, 0) is 50.0 Å². The quantitative estimate of drug-likeness (QED) is 0.312. The Morgan fingerprint density at radius 1 is 1.02 bits per heavy atom. The molecule has 9 nitrogen and oxygen atoms in total. The predicted molar refractivity (Wildman–Crippen MR) is 176 cm³/mol. The summed E-state index contributed by atoms with van der Waals surface area (Å²) >= 11 is 6.47. The molecule has 1 aromatic heterocycles. The fourth-order valence-corrected chi connectivity index (χ4v) is 6.99. The fourth-order valence-electron chi connectivity index (χ4n) is 5.54. The lowest BCUT2D eigenvalue weighted by Gasteiger charge is -2.42. The predicted octanol–water partition coefficient (Wildman–Crippen LogP) is 5.33. The lowest BCUT2D eigenvalue weighted by Crippen LogP contribution is -2.52. The number of nitrogens with zero attached hydrogens (tertiary/aromatic N) is 5. The van der Waals surface area contributed by atoms with Gasteiger partial charge in [-0.1, -0.05) is 37.6 Å². The van der Waals surface area contributed by atoms with Crippen molar-refractivity contribution < 1.29 is 8.95 Å². The molecule has 2 fully saturated rings. The molecule has 5 rings (SSSR count). The number of para-hydroxylation sites is 1. The van der Waals surface area contributed by atoms with Gasteiger partial charge in [0.25, 0.3) is 0 Å². The van der Waals surface area contributed by atoms with E-state index < -0.39 is 9.52 Å².